The number of carbonyl (C=O) groups is 1. The number of rotatable bonds is 11. The van der Waals surface area contributed by atoms with Gasteiger partial charge < -0.3 is 14.6 Å². The first-order chi connectivity index (χ1) is 18.3. The molecule has 4 aromatic rings. The number of thioether (sulfide) groups is 1. The van der Waals surface area contributed by atoms with Crippen LogP contribution >= 0.6 is 23.4 Å². The fourth-order valence-electron chi connectivity index (χ4n) is 4.13. The van der Waals surface area contributed by atoms with Gasteiger partial charge in [-0.3, -0.25) is 14.3 Å². The Kier molecular flexibility index (Phi) is 8.96. The van der Waals surface area contributed by atoms with E-state index in [-0.39, 0.29) is 22.9 Å². The van der Waals surface area contributed by atoms with Crippen molar-refractivity contribution in [2.24, 2.45) is 7.05 Å². The van der Waals surface area contributed by atoms with E-state index in [0.717, 1.165) is 29.2 Å². The summed E-state index contributed by atoms with van der Waals surface area (Å²) in [5.41, 5.74) is 2.40. The Morgan fingerprint density at radius 3 is 2.61 bits per heavy atom. The van der Waals surface area contributed by atoms with E-state index in [4.69, 9.17) is 16.3 Å². The number of hydrogen-bond acceptors (Lipinski definition) is 6. The summed E-state index contributed by atoms with van der Waals surface area (Å²) in [5.74, 6) is 1.49. The largest absolute Gasteiger partial charge is 0.493 e. The number of nitrogens with one attached hydrogen (secondary N) is 1. The SMILES string of the molecule is CCn1c(CCCOc2ccc(Cl)cc2C)nnc1SCC(=O)Nc1c(C)n(C)n(-c2ccccc2)c1=O. The zero-order chi connectivity index (χ0) is 27.2. The highest BCUT2D eigenvalue weighted by atomic mass is 35.5. The molecule has 9 nitrogen and oxygen atoms in total. The van der Waals surface area contributed by atoms with Crippen LogP contribution in [0.3, 0.4) is 0 Å². The van der Waals surface area contributed by atoms with E-state index in [0.29, 0.717) is 35.4 Å². The molecule has 0 spiro atoms. The van der Waals surface area contributed by atoms with E-state index >= 15 is 0 Å². The van der Waals surface area contributed by atoms with Crippen molar-refractivity contribution >= 4 is 35.0 Å². The number of halogens is 1. The molecule has 0 unspecified atom stereocenters. The van der Waals surface area contributed by atoms with Crippen LogP contribution in [-0.2, 0) is 24.8 Å². The molecule has 0 aliphatic heterocycles. The predicted molar refractivity (Wildman–Crippen MR) is 151 cm³/mol. The van der Waals surface area contributed by atoms with Crippen molar-refractivity contribution in [1.82, 2.24) is 24.1 Å². The van der Waals surface area contributed by atoms with Crippen molar-refractivity contribution < 1.29 is 9.53 Å². The van der Waals surface area contributed by atoms with Crippen molar-refractivity contribution in [2.75, 3.05) is 17.7 Å². The van der Waals surface area contributed by atoms with E-state index in [1.54, 1.807) is 11.7 Å². The fourth-order valence-corrected chi connectivity index (χ4v) is 5.18. The average Bonchev–Trinajstić information content (AvgIpc) is 3.39. The van der Waals surface area contributed by atoms with Crippen molar-refractivity contribution in [2.45, 2.75) is 45.3 Å². The molecule has 0 saturated carbocycles. The van der Waals surface area contributed by atoms with Gasteiger partial charge >= 0.3 is 0 Å². The van der Waals surface area contributed by atoms with Gasteiger partial charge in [-0.15, -0.1) is 10.2 Å². The first-order valence-corrected chi connectivity index (χ1v) is 13.7. The topological polar surface area (TPSA) is 96.0 Å². The van der Waals surface area contributed by atoms with Crippen LogP contribution in [0.25, 0.3) is 5.69 Å². The summed E-state index contributed by atoms with van der Waals surface area (Å²) in [6.45, 7) is 7.02. The molecule has 0 saturated heterocycles. The lowest BCUT2D eigenvalue weighted by atomic mass is 10.2. The van der Waals surface area contributed by atoms with Gasteiger partial charge in [0, 0.05) is 25.0 Å². The number of aromatic nitrogens is 5. The molecule has 200 valence electrons. The molecule has 38 heavy (non-hydrogen) atoms. The second-order valence-electron chi connectivity index (χ2n) is 8.78. The van der Waals surface area contributed by atoms with Crippen LogP contribution in [-0.4, -0.2) is 42.4 Å². The summed E-state index contributed by atoms with van der Waals surface area (Å²) in [4.78, 5) is 25.8. The number of nitrogens with zero attached hydrogens (tertiary/aromatic N) is 5. The number of aryl methyl sites for hydroxylation is 2. The number of ether oxygens (including phenoxy) is 1. The summed E-state index contributed by atoms with van der Waals surface area (Å²) in [6.07, 6.45) is 1.47. The van der Waals surface area contributed by atoms with Gasteiger partial charge in [0.05, 0.1) is 23.7 Å². The number of amides is 1. The second-order valence-corrected chi connectivity index (χ2v) is 10.2. The number of para-hydroxylation sites is 1. The van der Waals surface area contributed by atoms with Gasteiger partial charge in [0.2, 0.25) is 5.91 Å². The minimum Gasteiger partial charge on any atom is -0.493 e. The lowest BCUT2D eigenvalue weighted by molar-refractivity contribution is -0.113. The third-order valence-corrected chi connectivity index (χ3v) is 7.40. The van der Waals surface area contributed by atoms with Crippen molar-refractivity contribution in [3.63, 3.8) is 0 Å². The third kappa shape index (κ3) is 6.14. The van der Waals surface area contributed by atoms with Crippen LogP contribution < -0.4 is 15.6 Å². The van der Waals surface area contributed by atoms with E-state index in [1.165, 1.54) is 16.4 Å². The maximum absolute atomic E-state index is 13.1. The summed E-state index contributed by atoms with van der Waals surface area (Å²) < 4.78 is 11.2. The highest BCUT2D eigenvalue weighted by Crippen LogP contribution is 2.23. The fraction of sp³-hybridized carbons (Fsp3) is 0.333. The third-order valence-electron chi connectivity index (χ3n) is 6.20. The van der Waals surface area contributed by atoms with E-state index in [1.807, 2.05) is 73.9 Å². The summed E-state index contributed by atoms with van der Waals surface area (Å²) in [5, 5.41) is 12.8. The number of carbonyl (C=O) groups excluding carboxylic acids is 1. The summed E-state index contributed by atoms with van der Waals surface area (Å²) in [6, 6.07) is 14.9. The number of hydrogen-bond donors (Lipinski definition) is 1. The Hall–Kier alpha value is -3.50. The van der Waals surface area contributed by atoms with Gasteiger partial charge in [-0.2, -0.15) is 0 Å². The molecule has 0 atom stereocenters. The molecule has 0 aliphatic carbocycles. The number of anilines is 1. The molecule has 4 rings (SSSR count). The molecule has 0 fully saturated rings. The van der Waals surface area contributed by atoms with Crippen LogP contribution in [0.5, 0.6) is 5.75 Å². The van der Waals surface area contributed by atoms with E-state index in [2.05, 4.69) is 15.5 Å². The first kappa shape index (κ1) is 27.5. The highest BCUT2D eigenvalue weighted by Gasteiger charge is 2.19. The summed E-state index contributed by atoms with van der Waals surface area (Å²) >= 11 is 7.30. The smallest absolute Gasteiger partial charge is 0.295 e. The van der Waals surface area contributed by atoms with Gasteiger partial charge in [0.25, 0.3) is 5.56 Å². The molecule has 1 N–H and O–H groups in total. The van der Waals surface area contributed by atoms with Crippen LogP contribution in [0.1, 0.15) is 30.4 Å². The lowest BCUT2D eigenvalue weighted by Gasteiger charge is -2.10. The first-order valence-electron chi connectivity index (χ1n) is 12.4. The molecular weight excluding hydrogens is 524 g/mol. The van der Waals surface area contributed by atoms with Crippen LogP contribution in [0.15, 0.2) is 58.5 Å². The molecule has 11 heteroatoms. The van der Waals surface area contributed by atoms with Crippen LogP contribution in [0.2, 0.25) is 5.02 Å². The van der Waals surface area contributed by atoms with Crippen molar-refractivity contribution in [3.8, 4) is 11.4 Å². The zero-order valence-electron chi connectivity index (χ0n) is 21.9. The van der Waals surface area contributed by atoms with Gasteiger partial charge in [-0.05, 0) is 63.1 Å². The summed E-state index contributed by atoms with van der Waals surface area (Å²) in [7, 11) is 1.79. The van der Waals surface area contributed by atoms with Crippen LogP contribution in [0, 0.1) is 13.8 Å². The Bertz CT molecular complexity index is 1480. The van der Waals surface area contributed by atoms with E-state index < -0.39 is 0 Å². The van der Waals surface area contributed by atoms with Gasteiger partial charge in [-0.1, -0.05) is 41.6 Å². The lowest BCUT2D eigenvalue weighted by Crippen LogP contribution is -2.23. The monoisotopic (exact) mass is 554 g/mol. The highest BCUT2D eigenvalue weighted by molar-refractivity contribution is 7.99. The van der Waals surface area contributed by atoms with E-state index in [9.17, 15) is 9.59 Å². The normalized spacial score (nSPS) is 11.1. The standard InChI is InChI=1S/C27H31ClN6O3S/c1-5-33-23(12-9-15-37-22-14-13-20(28)16-18(22)2)30-31-27(33)38-17-24(35)29-25-19(3)32(4)34(26(25)36)21-10-7-6-8-11-21/h6-8,10-11,13-14,16H,5,9,12,15,17H2,1-4H3,(H,29,35). The molecule has 2 heterocycles. The Labute approximate surface area is 230 Å². The molecule has 0 bridgehead atoms. The minimum atomic E-state index is -0.278. The Morgan fingerprint density at radius 2 is 1.89 bits per heavy atom. The number of benzene rings is 2. The Balaban J connectivity index is 1.34. The molecule has 2 aromatic carbocycles. The maximum atomic E-state index is 13.1. The molecule has 2 aromatic heterocycles. The second kappa shape index (κ2) is 12.4. The molecule has 0 aliphatic rings. The van der Waals surface area contributed by atoms with Crippen molar-refractivity contribution in [3.05, 3.63) is 81.0 Å². The average molecular weight is 555 g/mol. The molecule has 0 radical (unpaired) electrons. The Morgan fingerprint density at radius 1 is 1.13 bits per heavy atom. The molecular formula is C27H31ClN6O3S. The quantitative estimate of drug-likeness (QED) is 0.211. The van der Waals surface area contributed by atoms with Crippen molar-refractivity contribution in [1.29, 1.82) is 0 Å². The van der Waals surface area contributed by atoms with Gasteiger partial charge in [0.1, 0.15) is 17.3 Å². The zero-order valence-corrected chi connectivity index (χ0v) is 23.5. The minimum absolute atomic E-state index is 0.107. The van der Waals surface area contributed by atoms with Gasteiger partial charge in [0.15, 0.2) is 5.16 Å². The maximum Gasteiger partial charge on any atom is 0.295 e. The van der Waals surface area contributed by atoms with Gasteiger partial charge in [-0.25, -0.2) is 4.68 Å². The van der Waals surface area contributed by atoms with Crippen LogP contribution in [0.4, 0.5) is 5.69 Å². The molecule has 1 amide bonds. The predicted octanol–water partition coefficient (Wildman–Crippen LogP) is 4.80.